The van der Waals surface area contributed by atoms with E-state index in [1.807, 2.05) is 49.6 Å². The number of carbonyl (C=O) groups is 2. The predicted octanol–water partition coefficient (Wildman–Crippen LogP) is 2.22. The minimum Gasteiger partial charge on any atom is -0.484 e. The molecule has 1 aromatic heterocycles. The molecule has 0 aliphatic rings. The molecule has 0 aliphatic heterocycles. The number of hydrogen-bond donors (Lipinski definition) is 2. The van der Waals surface area contributed by atoms with Gasteiger partial charge in [0, 0.05) is 18.0 Å². The molecule has 1 aromatic carbocycles. The summed E-state index contributed by atoms with van der Waals surface area (Å²) in [6.45, 7) is 4.77. The van der Waals surface area contributed by atoms with Gasteiger partial charge < -0.3 is 15.4 Å². The Morgan fingerprint density at radius 2 is 1.79 bits per heavy atom. The van der Waals surface area contributed by atoms with Crippen LogP contribution in [0.4, 0.5) is 0 Å². The molecule has 0 radical (unpaired) electrons. The van der Waals surface area contributed by atoms with Gasteiger partial charge in [-0.3, -0.25) is 9.59 Å². The van der Waals surface area contributed by atoms with Gasteiger partial charge in [0.15, 0.2) is 6.61 Å². The Hall–Kier alpha value is -2.34. The fourth-order valence-corrected chi connectivity index (χ4v) is 2.74. The second-order valence-electron chi connectivity index (χ2n) is 5.49. The maximum absolute atomic E-state index is 11.7. The molecular weight excluding hydrogens is 324 g/mol. The lowest BCUT2D eigenvalue weighted by Gasteiger charge is -2.09. The minimum absolute atomic E-state index is 0.0361. The van der Waals surface area contributed by atoms with Crippen LogP contribution in [0.15, 0.2) is 35.7 Å². The standard InChI is InChI=1S/C18H22N2O3S/c1-13-5-6-15(10-14(13)2)23-12-18(22)20-8-7-19-17(21)11-16-4-3-9-24-16/h3-6,9-10H,7-8,11-12H2,1-2H3,(H,19,21)(H,20,22). The molecule has 0 aliphatic carbocycles. The summed E-state index contributed by atoms with van der Waals surface area (Å²) in [6.07, 6.45) is 0.376. The number of benzene rings is 1. The lowest BCUT2D eigenvalue weighted by molar-refractivity contribution is -0.124. The fourth-order valence-electron chi connectivity index (χ4n) is 2.04. The molecule has 0 saturated carbocycles. The third kappa shape index (κ3) is 6.04. The van der Waals surface area contributed by atoms with Gasteiger partial charge in [-0.25, -0.2) is 0 Å². The van der Waals surface area contributed by atoms with Gasteiger partial charge in [-0.05, 0) is 48.6 Å². The SMILES string of the molecule is Cc1ccc(OCC(=O)NCCNC(=O)Cc2cccs2)cc1C. The summed E-state index contributed by atoms with van der Waals surface area (Å²) in [5.74, 6) is 0.427. The highest BCUT2D eigenvalue weighted by atomic mass is 32.1. The zero-order valence-electron chi connectivity index (χ0n) is 13.9. The van der Waals surface area contributed by atoms with E-state index >= 15 is 0 Å². The van der Waals surface area contributed by atoms with Crippen molar-refractivity contribution in [1.29, 1.82) is 0 Å². The Kier molecular flexibility index (Phi) is 6.81. The quantitative estimate of drug-likeness (QED) is 0.720. The highest BCUT2D eigenvalue weighted by Gasteiger charge is 2.05. The number of amides is 2. The van der Waals surface area contributed by atoms with Crippen molar-refractivity contribution in [1.82, 2.24) is 10.6 Å². The van der Waals surface area contributed by atoms with Crippen molar-refractivity contribution in [2.45, 2.75) is 20.3 Å². The molecule has 0 bridgehead atoms. The largest absolute Gasteiger partial charge is 0.484 e. The average Bonchev–Trinajstić information content (AvgIpc) is 3.05. The first-order chi connectivity index (χ1) is 11.5. The summed E-state index contributed by atoms with van der Waals surface area (Å²) < 4.78 is 5.45. The normalized spacial score (nSPS) is 10.2. The molecule has 0 unspecified atom stereocenters. The molecule has 2 rings (SSSR count). The number of aryl methyl sites for hydroxylation is 2. The van der Waals surface area contributed by atoms with E-state index in [4.69, 9.17) is 4.74 Å². The second-order valence-corrected chi connectivity index (χ2v) is 6.52. The number of rotatable bonds is 8. The Labute approximate surface area is 146 Å². The zero-order chi connectivity index (χ0) is 17.4. The topological polar surface area (TPSA) is 67.4 Å². The van der Waals surface area contributed by atoms with E-state index in [1.54, 1.807) is 11.3 Å². The molecule has 0 spiro atoms. The van der Waals surface area contributed by atoms with Crippen LogP contribution in [0.1, 0.15) is 16.0 Å². The van der Waals surface area contributed by atoms with Crippen LogP contribution in [0.25, 0.3) is 0 Å². The molecule has 2 aromatic rings. The van der Waals surface area contributed by atoms with Crippen molar-refractivity contribution in [2.24, 2.45) is 0 Å². The van der Waals surface area contributed by atoms with Crippen LogP contribution in [-0.2, 0) is 16.0 Å². The van der Waals surface area contributed by atoms with Crippen molar-refractivity contribution in [2.75, 3.05) is 19.7 Å². The average molecular weight is 346 g/mol. The molecule has 2 N–H and O–H groups in total. The molecule has 0 atom stereocenters. The Morgan fingerprint density at radius 3 is 2.46 bits per heavy atom. The van der Waals surface area contributed by atoms with Gasteiger partial charge in [0.2, 0.25) is 5.91 Å². The molecule has 5 nitrogen and oxygen atoms in total. The summed E-state index contributed by atoms with van der Waals surface area (Å²) in [5, 5.41) is 7.44. The lowest BCUT2D eigenvalue weighted by Crippen LogP contribution is -2.37. The highest BCUT2D eigenvalue weighted by Crippen LogP contribution is 2.16. The van der Waals surface area contributed by atoms with Crippen LogP contribution in [-0.4, -0.2) is 31.5 Å². The van der Waals surface area contributed by atoms with E-state index in [-0.39, 0.29) is 18.4 Å². The van der Waals surface area contributed by atoms with Gasteiger partial charge in [0.25, 0.3) is 5.91 Å². The number of thiophene rings is 1. The number of nitrogens with one attached hydrogen (secondary N) is 2. The number of hydrogen-bond acceptors (Lipinski definition) is 4. The number of ether oxygens (including phenoxy) is 1. The summed E-state index contributed by atoms with van der Waals surface area (Å²) in [6, 6.07) is 9.57. The van der Waals surface area contributed by atoms with Gasteiger partial charge in [-0.15, -0.1) is 11.3 Å². The van der Waals surface area contributed by atoms with Gasteiger partial charge in [-0.1, -0.05) is 12.1 Å². The first-order valence-electron chi connectivity index (χ1n) is 7.80. The van der Waals surface area contributed by atoms with Gasteiger partial charge in [-0.2, -0.15) is 0 Å². The minimum atomic E-state index is -0.208. The molecular formula is C18H22N2O3S. The van der Waals surface area contributed by atoms with Gasteiger partial charge >= 0.3 is 0 Å². The molecule has 24 heavy (non-hydrogen) atoms. The summed E-state index contributed by atoms with van der Waals surface area (Å²) in [7, 11) is 0. The third-order valence-electron chi connectivity index (χ3n) is 3.53. The van der Waals surface area contributed by atoms with Crippen LogP contribution in [0.5, 0.6) is 5.75 Å². The van der Waals surface area contributed by atoms with Crippen LogP contribution >= 0.6 is 11.3 Å². The Bertz CT molecular complexity index is 684. The summed E-state index contributed by atoms with van der Waals surface area (Å²) in [4.78, 5) is 24.4. The van der Waals surface area contributed by atoms with E-state index in [9.17, 15) is 9.59 Å². The predicted molar refractivity (Wildman–Crippen MR) is 95.5 cm³/mol. The van der Waals surface area contributed by atoms with Gasteiger partial charge in [0.1, 0.15) is 5.75 Å². The molecule has 0 saturated heterocycles. The van der Waals surface area contributed by atoms with Crippen molar-refractivity contribution < 1.29 is 14.3 Å². The maximum Gasteiger partial charge on any atom is 0.258 e. The fraction of sp³-hybridized carbons (Fsp3) is 0.333. The van der Waals surface area contributed by atoms with Crippen LogP contribution in [0.2, 0.25) is 0 Å². The zero-order valence-corrected chi connectivity index (χ0v) is 14.7. The molecule has 2 amide bonds. The van der Waals surface area contributed by atoms with E-state index in [0.29, 0.717) is 25.3 Å². The van der Waals surface area contributed by atoms with Crippen molar-refractivity contribution >= 4 is 23.2 Å². The lowest BCUT2D eigenvalue weighted by atomic mass is 10.1. The smallest absolute Gasteiger partial charge is 0.258 e. The Morgan fingerprint density at radius 1 is 1.04 bits per heavy atom. The number of carbonyl (C=O) groups excluding carboxylic acids is 2. The Balaban J connectivity index is 1.59. The summed E-state index contributed by atoms with van der Waals surface area (Å²) in [5.41, 5.74) is 2.31. The maximum atomic E-state index is 11.7. The van der Waals surface area contributed by atoms with Gasteiger partial charge in [0.05, 0.1) is 6.42 Å². The molecule has 6 heteroatoms. The van der Waals surface area contributed by atoms with E-state index < -0.39 is 0 Å². The van der Waals surface area contributed by atoms with Crippen molar-refractivity contribution in [3.63, 3.8) is 0 Å². The van der Waals surface area contributed by atoms with E-state index in [0.717, 1.165) is 10.4 Å². The van der Waals surface area contributed by atoms with E-state index in [2.05, 4.69) is 10.6 Å². The molecule has 1 heterocycles. The van der Waals surface area contributed by atoms with Crippen LogP contribution in [0, 0.1) is 13.8 Å². The van der Waals surface area contributed by atoms with Crippen molar-refractivity contribution in [3.05, 3.63) is 51.7 Å². The van der Waals surface area contributed by atoms with Crippen LogP contribution < -0.4 is 15.4 Å². The molecule has 0 fully saturated rings. The monoisotopic (exact) mass is 346 g/mol. The first-order valence-corrected chi connectivity index (χ1v) is 8.68. The van der Waals surface area contributed by atoms with E-state index in [1.165, 1.54) is 5.56 Å². The third-order valence-corrected chi connectivity index (χ3v) is 4.41. The van der Waals surface area contributed by atoms with Crippen molar-refractivity contribution in [3.8, 4) is 5.75 Å². The first kappa shape index (κ1) is 18.0. The van der Waals surface area contributed by atoms with Crippen LogP contribution in [0.3, 0.4) is 0 Å². The summed E-state index contributed by atoms with van der Waals surface area (Å²) >= 11 is 1.55. The molecule has 128 valence electrons. The highest BCUT2D eigenvalue weighted by molar-refractivity contribution is 7.10. The second kappa shape index (κ2) is 9.08.